The number of amides is 1. The van der Waals surface area contributed by atoms with Crippen LogP contribution in [0.1, 0.15) is 33.6 Å². The highest BCUT2D eigenvalue weighted by Crippen LogP contribution is 2.50. The van der Waals surface area contributed by atoms with Crippen molar-refractivity contribution in [1.29, 1.82) is 0 Å². The first-order valence-corrected chi connectivity index (χ1v) is 5.53. The molecule has 1 amide bonds. The molecule has 0 aromatic carbocycles. The third-order valence-electron chi connectivity index (χ3n) is 2.98. The summed E-state index contributed by atoms with van der Waals surface area (Å²) in [4.78, 5) is 11.3. The summed E-state index contributed by atoms with van der Waals surface area (Å²) in [6.07, 6.45) is 2.32. The molecule has 0 aromatic rings. The molecule has 1 aliphatic rings. The molecule has 1 rings (SSSR count). The number of hydrogen-bond acceptors (Lipinski definition) is 2. The van der Waals surface area contributed by atoms with Crippen LogP contribution in [0, 0.1) is 11.3 Å². The highest BCUT2D eigenvalue weighted by molar-refractivity contribution is 5.78. The number of carbonyl (C=O) groups is 1. The number of rotatable bonds is 6. The Balaban J connectivity index is 1.99. The zero-order chi connectivity index (χ0) is 10.6. The lowest BCUT2D eigenvalue weighted by atomic mass is 10.1. The van der Waals surface area contributed by atoms with Crippen LogP contribution in [0.3, 0.4) is 0 Å². The Kier molecular flexibility index (Phi) is 3.93. The Morgan fingerprint density at radius 1 is 1.50 bits per heavy atom. The van der Waals surface area contributed by atoms with Crippen LogP contribution < -0.4 is 10.6 Å². The molecule has 0 aromatic heterocycles. The lowest BCUT2D eigenvalue weighted by Crippen LogP contribution is -2.35. The molecule has 1 unspecified atom stereocenters. The van der Waals surface area contributed by atoms with Crippen molar-refractivity contribution in [3.8, 4) is 0 Å². The summed E-state index contributed by atoms with van der Waals surface area (Å²) in [5.74, 6) is 0.818. The molecule has 0 radical (unpaired) electrons. The Morgan fingerprint density at radius 2 is 2.14 bits per heavy atom. The molecule has 1 saturated carbocycles. The number of hydrogen-bond donors (Lipinski definition) is 2. The van der Waals surface area contributed by atoms with Crippen LogP contribution in [0.5, 0.6) is 0 Å². The first kappa shape index (κ1) is 11.5. The Hall–Kier alpha value is -0.570. The van der Waals surface area contributed by atoms with Crippen LogP contribution in [0.15, 0.2) is 0 Å². The second-order valence-electron chi connectivity index (χ2n) is 4.87. The van der Waals surface area contributed by atoms with Gasteiger partial charge in [-0.25, -0.2) is 0 Å². The van der Waals surface area contributed by atoms with Gasteiger partial charge in [-0.3, -0.25) is 4.79 Å². The van der Waals surface area contributed by atoms with E-state index in [1.165, 1.54) is 6.42 Å². The summed E-state index contributed by atoms with van der Waals surface area (Å²) < 4.78 is 0. The van der Waals surface area contributed by atoms with Gasteiger partial charge < -0.3 is 10.6 Å². The monoisotopic (exact) mass is 198 g/mol. The van der Waals surface area contributed by atoms with Gasteiger partial charge in [0.05, 0.1) is 6.54 Å². The topological polar surface area (TPSA) is 41.1 Å². The van der Waals surface area contributed by atoms with E-state index in [0.717, 1.165) is 19.5 Å². The maximum absolute atomic E-state index is 11.3. The van der Waals surface area contributed by atoms with Gasteiger partial charge in [0.15, 0.2) is 0 Å². The van der Waals surface area contributed by atoms with Crippen LogP contribution in [-0.2, 0) is 4.79 Å². The van der Waals surface area contributed by atoms with E-state index >= 15 is 0 Å². The molecule has 82 valence electrons. The van der Waals surface area contributed by atoms with Crippen LogP contribution in [0.25, 0.3) is 0 Å². The first-order chi connectivity index (χ1) is 6.56. The van der Waals surface area contributed by atoms with Crippen molar-refractivity contribution in [1.82, 2.24) is 10.6 Å². The third-order valence-corrected chi connectivity index (χ3v) is 2.98. The van der Waals surface area contributed by atoms with Gasteiger partial charge >= 0.3 is 0 Å². The van der Waals surface area contributed by atoms with Gasteiger partial charge in [-0.2, -0.15) is 0 Å². The van der Waals surface area contributed by atoms with Crippen LogP contribution in [0.4, 0.5) is 0 Å². The quantitative estimate of drug-likeness (QED) is 0.629. The molecule has 1 fully saturated rings. The molecule has 1 aliphatic carbocycles. The van der Waals surface area contributed by atoms with Crippen LogP contribution in [-0.4, -0.2) is 25.5 Å². The summed E-state index contributed by atoms with van der Waals surface area (Å²) in [5, 5.41) is 6.05. The standard InChI is InChI=1S/C11H22N2O/c1-4-5-12-8-10(14)13-7-9-6-11(9,2)3/h9,12H,4-8H2,1-3H3,(H,13,14). The van der Waals surface area contributed by atoms with E-state index in [-0.39, 0.29) is 5.91 Å². The van der Waals surface area contributed by atoms with Crippen molar-refractivity contribution in [2.24, 2.45) is 11.3 Å². The maximum atomic E-state index is 11.3. The van der Waals surface area contributed by atoms with Gasteiger partial charge in [0.25, 0.3) is 0 Å². The largest absolute Gasteiger partial charge is 0.355 e. The Bertz CT molecular complexity index is 201. The van der Waals surface area contributed by atoms with Gasteiger partial charge in [-0.1, -0.05) is 20.8 Å². The van der Waals surface area contributed by atoms with Crippen molar-refractivity contribution >= 4 is 5.91 Å². The summed E-state index contributed by atoms with van der Waals surface area (Å²) in [7, 11) is 0. The minimum absolute atomic E-state index is 0.126. The molecule has 1 atom stereocenters. The highest BCUT2D eigenvalue weighted by atomic mass is 16.1. The van der Waals surface area contributed by atoms with E-state index in [0.29, 0.717) is 17.9 Å². The minimum Gasteiger partial charge on any atom is -0.355 e. The smallest absolute Gasteiger partial charge is 0.233 e. The Labute approximate surface area is 86.6 Å². The van der Waals surface area contributed by atoms with Gasteiger partial charge in [-0.15, -0.1) is 0 Å². The number of nitrogens with one attached hydrogen (secondary N) is 2. The van der Waals surface area contributed by atoms with Crippen molar-refractivity contribution < 1.29 is 4.79 Å². The summed E-state index contributed by atoms with van der Waals surface area (Å²) in [6, 6.07) is 0. The van der Waals surface area contributed by atoms with E-state index in [1.54, 1.807) is 0 Å². The molecular formula is C11H22N2O. The predicted octanol–water partition coefficient (Wildman–Crippen LogP) is 1.15. The van der Waals surface area contributed by atoms with Crippen molar-refractivity contribution in [2.45, 2.75) is 33.6 Å². The second-order valence-corrected chi connectivity index (χ2v) is 4.87. The molecule has 0 saturated heterocycles. The molecule has 2 N–H and O–H groups in total. The van der Waals surface area contributed by atoms with Gasteiger partial charge in [-0.05, 0) is 30.7 Å². The van der Waals surface area contributed by atoms with Crippen molar-refractivity contribution in [2.75, 3.05) is 19.6 Å². The average Bonchev–Trinajstić information content (AvgIpc) is 2.71. The van der Waals surface area contributed by atoms with E-state index in [4.69, 9.17) is 0 Å². The second kappa shape index (κ2) is 4.78. The zero-order valence-corrected chi connectivity index (χ0v) is 9.52. The number of carbonyl (C=O) groups excluding carboxylic acids is 1. The fraction of sp³-hybridized carbons (Fsp3) is 0.909. The Morgan fingerprint density at radius 3 is 2.64 bits per heavy atom. The fourth-order valence-electron chi connectivity index (χ4n) is 1.60. The summed E-state index contributed by atoms with van der Waals surface area (Å²) in [6.45, 7) is 8.82. The lowest BCUT2D eigenvalue weighted by molar-refractivity contribution is -0.120. The normalized spacial score (nSPS) is 23.2. The lowest BCUT2D eigenvalue weighted by Gasteiger charge is -2.06. The van der Waals surface area contributed by atoms with Crippen molar-refractivity contribution in [3.05, 3.63) is 0 Å². The summed E-state index contributed by atoms with van der Waals surface area (Å²) in [5.41, 5.74) is 0.462. The van der Waals surface area contributed by atoms with E-state index < -0.39 is 0 Å². The first-order valence-electron chi connectivity index (χ1n) is 5.53. The van der Waals surface area contributed by atoms with Crippen LogP contribution >= 0.6 is 0 Å². The highest BCUT2D eigenvalue weighted by Gasteiger charge is 2.45. The molecule has 0 heterocycles. The molecule has 14 heavy (non-hydrogen) atoms. The van der Waals surface area contributed by atoms with E-state index in [1.807, 2.05) is 0 Å². The SMILES string of the molecule is CCCNCC(=O)NCC1CC1(C)C. The maximum Gasteiger partial charge on any atom is 0.233 e. The van der Waals surface area contributed by atoms with E-state index in [9.17, 15) is 4.79 Å². The van der Waals surface area contributed by atoms with Gasteiger partial charge in [0.2, 0.25) is 5.91 Å². The summed E-state index contributed by atoms with van der Waals surface area (Å²) >= 11 is 0. The fourth-order valence-corrected chi connectivity index (χ4v) is 1.60. The predicted molar refractivity (Wildman–Crippen MR) is 58.1 cm³/mol. The molecule has 3 nitrogen and oxygen atoms in total. The zero-order valence-electron chi connectivity index (χ0n) is 9.52. The van der Waals surface area contributed by atoms with Gasteiger partial charge in [0.1, 0.15) is 0 Å². The average molecular weight is 198 g/mol. The molecule has 0 spiro atoms. The van der Waals surface area contributed by atoms with Crippen LogP contribution in [0.2, 0.25) is 0 Å². The van der Waals surface area contributed by atoms with Gasteiger partial charge in [0, 0.05) is 6.54 Å². The molecule has 0 bridgehead atoms. The third kappa shape index (κ3) is 3.66. The van der Waals surface area contributed by atoms with Crippen molar-refractivity contribution in [3.63, 3.8) is 0 Å². The van der Waals surface area contributed by atoms with E-state index in [2.05, 4.69) is 31.4 Å². The molecule has 3 heteroatoms. The molecule has 0 aliphatic heterocycles. The minimum atomic E-state index is 0.126. The molecular weight excluding hydrogens is 176 g/mol.